The van der Waals surface area contributed by atoms with Crippen LogP contribution in [0.1, 0.15) is 25.7 Å². The Morgan fingerprint density at radius 3 is 2.47 bits per heavy atom. The third-order valence-electron chi connectivity index (χ3n) is 3.24. The number of nitrogens with zero attached hydrogens (tertiary/aromatic N) is 2. The maximum absolute atomic E-state index is 4.27. The summed E-state index contributed by atoms with van der Waals surface area (Å²) in [6.07, 6.45) is 8.92. The normalized spacial score (nSPS) is 34.3. The molecule has 2 fully saturated rings. The van der Waals surface area contributed by atoms with Gasteiger partial charge in [-0.2, -0.15) is 0 Å². The van der Waals surface area contributed by atoms with Gasteiger partial charge in [0.05, 0.1) is 0 Å². The molecule has 3 rings (SSSR count). The van der Waals surface area contributed by atoms with Crippen LogP contribution in [0.2, 0.25) is 0 Å². The third-order valence-corrected chi connectivity index (χ3v) is 4.38. The minimum absolute atomic E-state index is 0.714. The highest BCUT2D eigenvalue weighted by atomic mass is 32.2. The molecular formula is C11H15N3S. The smallest absolute Gasteiger partial charge is 0.187 e. The monoisotopic (exact) mass is 221 g/mol. The van der Waals surface area contributed by atoms with Gasteiger partial charge in [0.1, 0.15) is 0 Å². The molecule has 2 saturated heterocycles. The van der Waals surface area contributed by atoms with E-state index in [9.17, 15) is 0 Å². The lowest BCUT2D eigenvalue weighted by atomic mass is 10.1. The molecule has 2 bridgehead atoms. The summed E-state index contributed by atoms with van der Waals surface area (Å²) in [6.45, 7) is 0. The van der Waals surface area contributed by atoms with Crippen molar-refractivity contribution in [3.63, 3.8) is 0 Å². The predicted molar refractivity (Wildman–Crippen MR) is 60.9 cm³/mol. The van der Waals surface area contributed by atoms with Gasteiger partial charge in [-0.3, -0.25) is 0 Å². The molecule has 4 heteroatoms. The number of rotatable bonds is 2. The molecule has 1 N–H and O–H groups in total. The minimum atomic E-state index is 0.714. The van der Waals surface area contributed by atoms with E-state index in [-0.39, 0.29) is 0 Å². The van der Waals surface area contributed by atoms with Crippen LogP contribution in [0.3, 0.4) is 0 Å². The lowest BCUT2D eigenvalue weighted by Crippen LogP contribution is -2.39. The van der Waals surface area contributed by atoms with Crippen LogP contribution in [0.4, 0.5) is 0 Å². The number of thioether (sulfide) groups is 1. The highest BCUT2D eigenvalue weighted by Gasteiger charge is 2.34. The molecule has 80 valence electrons. The average Bonchev–Trinajstić information content (AvgIpc) is 2.60. The number of nitrogens with one attached hydrogen (secondary N) is 1. The molecule has 2 aliphatic rings. The zero-order valence-electron chi connectivity index (χ0n) is 8.60. The lowest BCUT2D eigenvalue weighted by Gasteiger charge is -2.27. The highest BCUT2D eigenvalue weighted by Crippen LogP contribution is 2.35. The summed E-state index contributed by atoms with van der Waals surface area (Å²) in [6, 6.07) is 3.38. The fourth-order valence-corrected chi connectivity index (χ4v) is 3.80. The summed E-state index contributed by atoms with van der Waals surface area (Å²) in [5, 5.41) is 5.30. The minimum Gasteiger partial charge on any atom is -0.311 e. The van der Waals surface area contributed by atoms with E-state index in [1.165, 1.54) is 25.7 Å². The summed E-state index contributed by atoms with van der Waals surface area (Å²) >= 11 is 1.85. The first-order valence-corrected chi connectivity index (χ1v) is 6.48. The summed E-state index contributed by atoms with van der Waals surface area (Å²) in [4.78, 5) is 8.55. The molecule has 3 atom stereocenters. The molecule has 3 heterocycles. The van der Waals surface area contributed by atoms with Crippen molar-refractivity contribution in [1.82, 2.24) is 15.3 Å². The molecule has 3 nitrogen and oxygen atoms in total. The Hall–Kier alpha value is -0.610. The van der Waals surface area contributed by atoms with Gasteiger partial charge in [0.15, 0.2) is 5.16 Å². The van der Waals surface area contributed by atoms with Gasteiger partial charge in [-0.05, 0) is 31.7 Å². The van der Waals surface area contributed by atoms with Gasteiger partial charge >= 0.3 is 0 Å². The molecule has 0 saturated carbocycles. The standard InChI is InChI=1S/C11H15N3S/c1-4-12-11(13-5-1)15-10-6-8-2-3-9(7-10)14-8/h1,4-5,8-10,14H,2-3,6-7H2/t8-,9+,10?. The van der Waals surface area contributed by atoms with E-state index in [1.54, 1.807) is 0 Å². The van der Waals surface area contributed by atoms with Gasteiger partial charge in [0, 0.05) is 29.7 Å². The van der Waals surface area contributed by atoms with Crippen molar-refractivity contribution >= 4 is 11.8 Å². The quantitative estimate of drug-likeness (QED) is 0.773. The van der Waals surface area contributed by atoms with Crippen LogP contribution in [0.5, 0.6) is 0 Å². The Balaban J connectivity index is 1.65. The van der Waals surface area contributed by atoms with Crippen molar-refractivity contribution in [3.05, 3.63) is 18.5 Å². The summed E-state index contributed by atoms with van der Waals surface area (Å²) in [5.74, 6) is 0. The van der Waals surface area contributed by atoms with E-state index in [2.05, 4.69) is 15.3 Å². The Morgan fingerprint density at radius 2 is 1.80 bits per heavy atom. The van der Waals surface area contributed by atoms with Crippen molar-refractivity contribution in [2.24, 2.45) is 0 Å². The lowest BCUT2D eigenvalue weighted by molar-refractivity contribution is 0.414. The number of piperidine rings is 1. The van der Waals surface area contributed by atoms with Crippen LogP contribution < -0.4 is 5.32 Å². The molecule has 2 aliphatic heterocycles. The molecule has 0 spiro atoms. The van der Waals surface area contributed by atoms with Crippen molar-refractivity contribution < 1.29 is 0 Å². The summed E-state index contributed by atoms with van der Waals surface area (Å²) < 4.78 is 0. The fraction of sp³-hybridized carbons (Fsp3) is 0.636. The van der Waals surface area contributed by atoms with Crippen molar-refractivity contribution in [3.8, 4) is 0 Å². The largest absolute Gasteiger partial charge is 0.311 e. The third kappa shape index (κ3) is 2.16. The fourth-order valence-electron chi connectivity index (χ4n) is 2.60. The van der Waals surface area contributed by atoms with E-state index in [0.29, 0.717) is 5.25 Å². The van der Waals surface area contributed by atoms with Gasteiger partial charge in [-0.25, -0.2) is 9.97 Å². The Bertz CT molecular complexity index is 318. The van der Waals surface area contributed by atoms with Gasteiger partial charge in [-0.15, -0.1) is 0 Å². The van der Waals surface area contributed by atoms with Crippen LogP contribution in [0.25, 0.3) is 0 Å². The van der Waals surface area contributed by atoms with Crippen molar-refractivity contribution in [2.45, 2.75) is 48.2 Å². The first kappa shape index (κ1) is 9.60. The number of hydrogen-bond donors (Lipinski definition) is 1. The SMILES string of the molecule is c1cnc(SC2C[C@H]3CC[C@@H](C2)N3)nc1. The van der Waals surface area contributed by atoms with Gasteiger partial charge in [0.2, 0.25) is 0 Å². The first-order valence-electron chi connectivity index (χ1n) is 5.60. The molecule has 1 unspecified atom stereocenters. The van der Waals surface area contributed by atoms with Crippen LogP contribution in [-0.2, 0) is 0 Å². The van der Waals surface area contributed by atoms with Crippen molar-refractivity contribution in [2.75, 3.05) is 0 Å². The number of aromatic nitrogens is 2. The van der Waals surface area contributed by atoms with E-state index < -0.39 is 0 Å². The molecule has 0 amide bonds. The second-order valence-electron chi connectivity index (χ2n) is 4.38. The molecule has 0 aliphatic carbocycles. The topological polar surface area (TPSA) is 37.8 Å². The average molecular weight is 221 g/mol. The summed E-state index contributed by atoms with van der Waals surface area (Å²) in [5.41, 5.74) is 0. The van der Waals surface area contributed by atoms with E-state index >= 15 is 0 Å². The van der Waals surface area contributed by atoms with Crippen LogP contribution in [0, 0.1) is 0 Å². The summed E-state index contributed by atoms with van der Waals surface area (Å²) in [7, 11) is 0. The van der Waals surface area contributed by atoms with E-state index in [0.717, 1.165) is 17.2 Å². The Kier molecular flexibility index (Phi) is 2.63. The van der Waals surface area contributed by atoms with Crippen LogP contribution in [-0.4, -0.2) is 27.3 Å². The van der Waals surface area contributed by atoms with Gasteiger partial charge in [-0.1, -0.05) is 11.8 Å². The maximum atomic E-state index is 4.27. The number of hydrogen-bond acceptors (Lipinski definition) is 4. The highest BCUT2D eigenvalue weighted by molar-refractivity contribution is 7.99. The molecular weight excluding hydrogens is 206 g/mol. The number of fused-ring (bicyclic) bond motifs is 2. The predicted octanol–water partition coefficient (Wildman–Crippen LogP) is 1.85. The maximum Gasteiger partial charge on any atom is 0.187 e. The van der Waals surface area contributed by atoms with Gasteiger partial charge < -0.3 is 5.32 Å². The molecule has 15 heavy (non-hydrogen) atoms. The first-order chi connectivity index (χ1) is 7.40. The van der Waals surface area contributed by atoms with E-state index in [1.807, 2.05) is 30.2 Å². The molecule has 1 aromatic heterocycles. The zero-order valence-corrected chi connectivity index (χ0v) is 9.41. The molecule has 0 aromatic carbocycles. The van der Waals surface area contributed by atoms with Gasteiger partial charge in [0.25, 0.3) is 0 Å². The molecule has 1 aromatic rings. The second-order valence-corrected chi connectivity index (χ2v) is 5.65. The van der Waals surface area contributed by atoms with Crippen molar-refractivity contribution in [1.29, 1.82) is 0 Å². The van der Waals surface area contributed by atoms with Crippen LogP contribution in [0.15, 0.2) is 23.6 Å². The Labute approximate surface area is 94.1 Å². The second kappa shape index (κ2) is 4.10. The van der Waals surface area contributed by atoms with E-state index in [4.69, 9.17) is 0 Å². The Morgan fingerprint density at radius 1 is 1.13 bits per heavy atom. The van der Waals surface area contributed by atoms with Crippen LogP contribution >= 0.6 is 11.8 Å². The zero-order chi connectivity index (χ0) is 10.1. The molecule has 0 radical (unpaired) electrons.